The highest BCUT2D eigenvalue weighted by atomic mass is 31.2. The number of hydrogen-bond donors (Lipinski definition) is 0. The highest BCUT2D eigenvalue weighted by Gasteiger charge is 2.39. The second-order valence-electron chi connectivity index (χ2n) is 9.98. The van der Waals surface area contributed by atoms with Gasteiger partial charge in [0.05, 0.1) is 25.9 Å². The molecule has 0 aliphatic heterocycles. The molecule has 0 spiro atoms. The number of phosphoric ester groups is 1. The largest absolute Gasteiger partial charge is 0.475 e. The molecule has 0 saturated carbocycles. The summed E-state index contributed by atoms with van der Waals surface area (Å²) in [6.07, 6.45) is 3.52. The molecule has 0 saturated heterocycles. The van der Waals surface area contributed by atoms with Gasteiger partial charge in [-0.25, -0.2) is 4.57 Å². The zero-order valence-corrected chi connectivity index (χ0v) is 24.1. The van der Waals surface area contributed by atoms with Crippen LogP contribution in [0.25, 0.3) is 0 Å². The number of rotatable bonds is 12. The molecule has 0 N–H and O–H groups in total. The van der Waals surface area contributed by atoms with Gasteiger partial charge in [0, 0.05) is 6.42 Å². The zero-order chi connectivity index (χ0) is 23.6. The van der Waals surface area contributed by atoms with E-state index in [1.165, 1.54) is 0 Å². The molecule has 0 unspecified atom stereocenters. The third kappa shape index (κ3) is 12.0. The molecule has 0 aromatic carbocycles. The van der Waals surface area contributed by atoms with Crippen LogP contribution in [0.2, 0.25) is 37.8 Å². The van der Waals surface area contributed by atoms with Crippen LogP contribution in [0.1, 0.15) is 54.4 Å². The van der Waals surface area contributed by atoms with E-state index in [0.717, 1.165) is 18.4 Å². The average Bonchev–Trinajstić information content (AvgIpc) is 2.55. The second-order valence-corrected chi connectivity index (χ2v) is 21.2. The lowest BCUT2D eigenvalue weighted by molar-refractivity contribution is 0.130. The Kier molecular flexibility index (Phi) is 12.7. The molecule has 0 bridgehead atoms. The Morgan fingerprint density at radius 3 is 2.00 bits per heavy atom. The predicted molar refractivity (Wildman–Crippen MR) is 133 cm³/mol. The van der Waals surface area contributed by atoms with Crippen LogP contribution >= 0.6 is 7.82 Å². The van der Waals surface area contributed by atoms with Crippen molar-refractivity contribution in [2.75, 3.05) is 19.8 Å². The zero-order valence-electron chi connectivity index (χ0n) is 21.2. The minimum atomic E-state index is -3.51. The Balaban J connectivity index is 5.37. The van der Waals surface area contributed by atoms with Gasteiger partial charge in [-0.1, -0.05) is 46.5 Å². The monoisotopic (exact) mass is 476 g/mol. The molecular weight excluding hydrogens is 431 g/mol. The first kappa shape index (κ1) is 29.8. The van der Waals surface area contributed by atoms with Crippen molar-refractivity contribution < 1.29 is 22.6 Å². The van der Waals surface area contributed by atoms with E-state index in [1.54, 1.807) is 13.8 Å². The Bertz CT molecular complexity index is 641. The molecule has 0 aromatic heterocycles. The van der Waals surface area contributed by atoms with Crippen molar-refractivity contribution >= 4 is 24.2 Å². The van der Waals surface area contributed by atoms with Gasteiger partial charge in [0.1, 0.15) is 8.07 Å². The van der Waals surface area contributed by atoms with Crippen LogP contribution in [-0.4, -0.2) is 42.3 Å². The van der Waals surface area contributed by atoms with Gasteiger partial charge in [0.15, 0.2) is 8.32 Å². The predicted octanol–water partition coefficient (Wildman–Crippen LogP) is 7.18. The summed E-state index contributed by atoms with van der Waals surface area (Å²) < 4.78 is 35.0. The quantitative estimate of drug-likeness (QED) is 0.129. The fourth-order valence-electron chi connectivity index (χ4n) is 2.26. The summed E-state index contributed by atoms with van der Waals surface area (Å²) in [7, 11) is -6.84. The minimum Gasteiger partial charge on any atom is -0.410 e. The van der Waals surface area contributed by atoms with E-state index in [2.05, 4.69) is 65.0 Å². The Morgan fingerprint density at radius 1 is 1.03 bits per heavy atom. The van der Waals surface area contributed by atoms with Crippen molar-refractivity contribution in [3.63, 3.8) is 0 Å². The lowest BCUT2D eigenvalue weighted by Crippen LogP contribution is -2.44. The molecule has 0 aromatic rings. The van der Waals surface area contributed by atoms with Crippen molar-refractivity contribution in [3.05, 3.63) is 11.6 Å². The van der Waals surface area contributed by atoms with Gasteiger partial charge < -0.3 is 4.43 Å². The van der Waals surface area contributed by atoms with Gasteiger partial charge in [0.25, 0.3) is 0 Å². The van der Waals surface area contributed by atoms with Crippen LogP contribution in [0.3, 0.4) is 0 Å². The molecule has 5 nitrogen and oxygen atoms in total. The molecular formula is C22H45O5PSi2. The third-order valence-corrected chi connectivity index (χ3v) is 12.0. The van der Waals surface area contributed by atoms with Gasteiger partial charge >= 0.3 is 7.82 Å². The van der Waals surface area contributed by atoms with E-state index in [9.17, 15) is 4.57 Å². The van der Waals surface area contributed by atoms with Gasteiger partial charge in [0.2, 0.25) is 0 Å². The van der Waals surface area contributed by atoms with E-state index in [-0.39, 0.29) is 31.0 Å². The van der Waals surface area contributed by atoms with Crippen LogP contribution < -0.4 is 0 Å². The highest BCUT2D eigenvalue weighted by molar-refractivity contribution is 7.48. The summed E-state index contributed by atoms with van der Waals surface area (Å²) in [5.41, 5.74) is 4.49. The standard InChI is InChI=1S/C22H45O5PSi2/c1-12-24-28(23,25-13-2)26-18-17-20(3)21(16-14-15-19-29(7,8)9)27-30(10,11)22(4,5)6/h17,21H,12-14,16,18H2,1-11H3/b20-17-/t21-/m0/s1. The molecule has 30 heavy (non-hydrogen) atoms. The van der Waals surface area contributed by atoms with E-state index >= 15 is 0 Å². The molecule has 0 rings (SSSR count). The normalized spacial score (nSPS) is 15.0. The highest BCUT2D eigenvalue weighted by Crippen LogP contribution is 2.49. The maximum absolute atomic E-state index is 12.5. The summed E-state index contributed by atoms with van der Waals surface area (Å²) in [6, 6.07) is 0. The van der Waals surface area contributed by atoms with Crippen molar-refractivity contribution in [1.82, 2.24) is 0 Å². The summed E-state index contributed by atoms with van der Waals surface area (Å²) in [6.45, 7) is 24.3. The molecule has 0 amide bonds. The summed E-state index contributed by atoms with van der Waals surface area (Å²) in [4.78, 5) is 0. The van der Waals surface area contributed by atoms with Crippen molar-refractivity contribution in [1.29, 1.82) is 0 Å². The topological polar surface area (TPSA) is 54.0 Å². The average molecular weight is 477 g/mol. The summed E-state index contributed by atoms with van der Waals surface area (Å²) in [5, 5.41) is 0.117. The second kappa shape index (κ2) is 12.7. The minimum absolute atomic E-state index is 0.0380. The smallest absolute Gasteiger partial charge is 0.410 e. The summed E-state index contributed by atoms with van der Waals surface area (Å²) in [5.74, 6) is 3.35. The molecule has 0 aliphatic rings. The van der Waals surface area contributed by atoms with Crippen molar-refractivity contribution in [3.8, 4) is 11.5 Å². The van der Waals surface area contributed by atoms with Gasteiger partial charge in [-0.15, -0.1) is 11.5 Å². The van der Waals surface area contributed by atoms with E-state index < -0.39 is 24.2 Å². The van der Waals surface area contributed by atoms with Gasteiger partial charge in [-0.3, -0.25) is 13.6 Å². The van der Waals surface area contributed by atoms with Crippen molar-refractivity contribution in [2.45, 2.75) is 98.3 Å². The van der Waals surface area contributed by atoms with E-state index in [0.29, 0.717) is 0 Å². The Labute approximate surface area is 188 Å². The Morgan fingerprint density at radius 2 is 1.57 bits per heavy atom. The van der Waals surface area contributed by atoms with Crippen LogP contribution in [-0.2, 0) is 22.6 Å². The van der Waals surface area contributed by atoms with Gasteiger partial charge in [-0.2, -0.15) is 0 Å². The SMILES string of the molecule is CCOP(=O)(OCC)OC/C=C(/C)[C@H](CCC#C[Si](C)(C)C)O[Si](C)(C)C(C)(C)C. The lowest BCUT2D eigenvalue weighted by Gasteiger charge is -2.39. The van der Waals surface area contributed by atoms with E-state index in [1.807, 2.05) is 13.0 Å². The first-order valence-electron chi connectivity index (χ1n) is 10.9. The molecule has 1 atom stereocenters. The molecule has 0 radical (unpaired) electrons. The summed E-state index contributed by atoms with van der Waals surface area (Å²) >= 11 is 0. The van der Waals surface area contributed by atoms with Crippen molar-refractivity contribution in [2.24, 2.45) is 0 Å². The first-order valence-corrected chi connectivity index (χ1v) is 18.8. The van der Waals surface area contributed by atoms with Crippen LogP contribution in [0, 0.1) is 11.5 Å². The molecule has 0 fully saturated rings. The third-order valence-electron chi connectivity index (χ3n) is 4.96. The maximum atomic E-state index is 12.5. The Hall–Kier alpha value is -0.196. The lowest BCUT2D eigenvalue weighted by atomic mass is 10.1. The molecule has 176 valence electrons. The van der Waals surface area contributed by atoms with Gasteiger partial charge in [-0.05, 0) is 50.9 Å². The number of hydrogen-bond acceptors (Lipinski definition) is 5. The maximum Gasteiger partial charge on any atom is 0.475 e. The van der Waals surface area contributed by atoms with Crippen LogP contribution in [0.15, 0.2) is 11.6 Å². The molecule has 8 heteroatoms. The van der Waals surface area contributed by atoms with E-state index in [4.69, 9.17) is 18.0 Å². The fraction of sp³-hybridized carbons (Fsp3) is 0.818. The molecule has 0 aliphatic carbocycles. The van der Waals surface area contributed by atoms with Crippen LogP contribution in [0.5, 0.6) is 0 Å². The fourth-order valence-corrected chi connectivity index (χ4v) is 5.40. The van der Waals surface area contributed by atoms with Crippen LogP contribution in [0.4, 0.5) is 0 Å². The number of phosphoric acid groups is 1. The first-order chi connectivity index (χ1) is 13.6. The molecule has 0 heterocycles.